The highest BCUT2D eigenvalue weighted by molar-refractivity contribution is 6.30. The molecule has 0 N–H and O–H groups in total. The number of nitriles is 1. The fourth-order valence-corrected chi connectivity index (χ4v) is 2.69. The molecule has 3 aromatic carbocycles. The van der Waals surface area contributed by atoms with Crippen LogP contribution in [0.25, 0.3) is 22.4 Å². The van der Waals surface area contributed by atoms with Gasteiger partial charge in [-0.15, -0.1) is 0 Å². The van der Waals surface area contributed by atoms with Gasteiger partial charge in [-0.05, 0) is 46.7 Å². The van der Waals surface area contributed by atoms with Crippen molar-refractivity contribution in [3.05, 3.63) is 76.8 Å². The van der Waals surface area contributed by atoms with E-state index in [9.17, 15) is 5.26 Å². The van der Waals surface area contributed by atoms with E-state index < -0.39 is 0 Å². The molecule has 0 atom stereocenters. The number of benzene rings is 3. The first-order valence-corrected chi connectivity index (χ1v) is 7.53. The van der Waals surface area contributed by atoms with Crippen molar-refractivity contribution < 1.29 is 4.74 Å². The summed E-state index contributed by atoms with van der Waals surface area (Å²) in [7, 11) is 1.60. The summed E-state index contributed by atoms with van der Waals surface area (Å²) in [6.45, 7) is 0. The van der Waals surface area contributed by atoms with Crippen molar-refractivity contribution in [1.29, 1.82) is 5.26 Å². The maximum absolute atomic E-state index is 9.55. The molecule has 3 aromatic rings. The van der Waals surface area contributed by atoms with Crippen LogP contribution in [-0.4, -0.2) is 7.11 Å². The molecule has 0 fully saturated rings. The Morgan fingerprint density at radius 2 is 1.83 bits per heavy atom. The van der Waals surface area contributed by atoms with E-state index >= 15 is 0 Å². The summed E-state index contributed by atoms with van der Waals surface area (Å²) in [5.41, 5.74) is 2.22. The molecular formula is C20H14ClNO. The number of halogens is 1. The van der Waals surface area contributed by atoms with Crippen LogP contribution >= 0.6 is 11.6 Å². The number of fused-ring (bicyclic) bond motifs is 1. The molecule has 3 heteroatoms. The van der Waals surface area contributed by atoms with Crippen molar-refractivity contribution in [3.8, 4) is 11.8 Å². The van der Waals surface area contributed by atoms with E-state index in [1.807, 2.05) is 36.4 Å². The lowest BCUT2D eigenvalue weighted by molar-refractivity contribution is 0.414. The highest BCUT2D eigenvalue weighted by Crippen LogP contribution is 2.28. The minimum absolute atomic E-state index is 0.566. The second-order valence-corrected chi connectivity index (χ2v) is 5.55. The standard InChI is InChI=1S/C20H14ClNO/c1-23-20-9-8-19(21)12-17(20)11-18(13-22)16-7-6-14-4-2-3-5-15(14)10-16/h2-12H,1H3/b18-11-. The summed E-state index contributed by atoms with van der Waals surface area (Å²) in [4.78, 5) is 0. The van der Waals surface area contributed by atoms with Gasteiger partial charge in [0.25, 0.3) is 0 Å². The van der Waals surface area contributed by atoms with E-state index in [-0.39, 0.29) is 0 Å². The van der Waals surface area contributed by atoms with E-state index in [4.69, 9.17) is 16.3 Å². The van der Waals surface area contributed by atoms with Gasteiger partial charge in [0.15, 0.2) is 0 Å². The number of methoxy groups -OCH3 is 1. The largest absolute Gasteiger partial charge is 0.496 e. The zero-order valence-corrected chi connectivity index (χ0v) is 13.3. The third-order valence-electron chi connectivity index (χ3n) is 3.67. The average molecular weight is 320 g/mol. The molecule has 0 bridgehead atoms. The van der Waals surface area contributed by atoms with Gasteiger partial charge < -0.3 is 4.74 Å². The Labute approximate surface area is 140 Å². The Kier molecular flexibility index (Phi) is 4.32. The third-order valence-corrected chi connectivity index (χ3v) is 3.91. The topological polar surface area (TPSA) is 33.0 Å². The molecular weight excluding hydrogens is 306 g/mol. The van der Waals surface area contributed by atoms with Crippen LogP contribution in [0, 0.1) is 11.3 Å². The molecule has 0 heterocycles. The smallest absolute Gasteiger partial charge is 0.126 e. The zero-order chi connectivity index (χ0) is 16.2. The summed E-state index contributed by atoms with van der Waals surface area (Å²) in [5, 5.41) is 12.4. The Hall–Kier alpha value is -2.76. The number of rotatable bonds is 3. The van der Waals surface area contributed by atoms with E-state index in [2.05, 4.69) is 12.1 Å². The molecule has 0 aliphatic rings. The third kappa shape index (κ3) is 3.21. The monoisotopic (exact) mass is 319 g/mol. The molecule has 0 aliphatic heterocycles. The summed E-state index contributed by atoms with van der Waals surface area (Å²) < 4.78 is 5.34. The van der Waals surface area contributed by atoms with Crippen molar-refractivity contribution in [1.82, 2.24) is 0 Å². The van der Waals surface area contributed by atoms with Gasteiger partial charge in [-0.2, -0.15) is 5.26 Å². The molecule has 0 aromatic heterocycles. The second kappa shape index (κ2) is 6.56. The summed E-state index contributed by atoms with van der Waals surface area (Å²) in [6.07, 6.45) is 1.80. The summed E-state index contributed by atoms with van der Waals surface area (Å²) in [6, 6.07) is 21.7. The highest BCUT2D eigenvalue weighted by atomic mass is 35.5. The molecule has 2 nitrogen and oxygen atoms in total. The molecule has 23 heavy (non-hydrogen) atoms. The summed E-state index contributed by atoms with van der Waals surface area (Å²) >= 11 is 6.06. The maximum Gasteiger partial charge on any atom is 0.126 e. The normalized spacial score (nSPS) is 11.3. The van der Waals surface area contributed by atoms with Crippen LogP contribution in [0.1, 0.15) is 11.1 Å². The van der Waals surface area contributed by atoms with Crippen molar-refractivity contribution in [2.24, 2.45) is 0 Å². The average Bonchev–Trinajstić information content (AvgIpc) is 2.59. The Balaban J connectivity index is 2.11. The SMILES string of the molecule is COc1ccc(Cl)cc1/C=C(/C#N)c1ccc2ccccc2c1. The van der Waals surface area contributed by atoms with Crippen molar-refractivity contribution in [2.75, 3.05) is 7.11 Å². The number of allylic oxidation sites excluding steroid dienone is 1. The lowest BCUT2D eigenvalue weighted by Crippen LogP contribution is -1.88. The fourth-order valence-electron chi connectivity index (χ4n) is 2.51. The van der Waals surface area contributed by atoms with E-state index in [1.165, 1.54) is 0 Å². The molecule has 0 radical (unpaired) electrons. The zero-order valence-electron chi connectivity index (χ0n) is 12.6. The minimum atomic E-state index is 0.566. The van der Waals surface area contributed by atoms with Gasteiger partial charge in [0.1, 0.15) is 5.75 Å². The first-order chi connectivity index (χ1) is 11.2. The van der Waals surface area contributed by atoms with Crippen LogP contribution in [0.5, 0.6) is 5.75 Å². The molecule has 0 amide bonds. The second-order valence-electron chi connectivity index (χ2n) is 5.12. The summed E-state index contributed by atoms with van der Waals surface area (Å²) in [5.74, 6) is 0.683. The minimum Gasteiger partial charge on any atom is -0.496 e. The van der Waals surface area contributed by atoms with Crippen molar-refractivity contribution in [3.63, 3.8) is 0 Å². The first-order valence-electron chi connectivity index (χ1n) is 7.16. The molecule has 0 unspecified atom stereocenters. The number of hydrogen-bond donors (Lipinski definition) is 0. The number of hydrogen-bond acceptors (Lipinski definition) is 2. The maximum atomic E-state index is 9.55. The molecule has 0 spiro atoms. The van der Waals surface area contributed by atoms with Crippen LogP contribution in [0.15, 0.2) is 60.7 Å². The van der Waals surface area contributed by atoms with Gasteiger partial charge in [-0.25, -0.2) is 0 Å². The van der Waals surface area contributed by atoms with Gasteiger partial charge in [0.05, 0.1) is 18.8 Å². The molecule has 0 saturated heterocycles. The van der Waals surface area contributed by atoms with Gasteiger partial charge in [-0.1, -0.05) is 48.0 Å². The van der Waals surface area contributed by atoms with Gasteiger partial charge in [0, 0.05) is 10.6 Å². The number of nitrogens with zero attached hydrogens (tertiary/aromatic N) is 1. The number of ether oxygens (including phenoxy) is 1. The van der Waals surface area contributed by atoms with E-state index in [0.29, 0.717) is 16.3 Å². The van der Waals surface area contributed by atoms with Crippen molar-refractivity contribution >= 4 is 34.0 Å². The van der Waals surface area contributed by atoms with Crippen molar-refractivity contribution in [2.45, 2.75) is 0 Å². The van der Waals surface area contributed by atoms with Gasteiger partial charge in [0.2, 0.25) is 0 Å². The quantitative estimate of drug-likeness (QED) is 0.467. The Bertz CT molecular complexity index is 938. The van der Waals surface area contributed by atoms with Crippen LogP contribution in [0.3, 0.4) is 0 Å². The lowest BCUT2D eigenvalue weighted by atomic mass is 10.00. The van der Waals surface area contributed by atoms with E-state index in [1.54, 1.807) is 31.4 Å². The van der Waals surface area contributed by atoms with Gasteiger partial charge >= 0.3 is 0 Å². The Morgan fingerprint density at radius 3 is 2.57 bits per heavy atom. The molecule has 0 saturated carbocycles. The Morgan fingerprint density at radius 1 is 1.04 bits per heavy atom. The predicted molar refractivity (Wildman–Crippen MR) is 95.4 cm³/mol. The lowest BCUT2D eigenvalue weighted by Gasteiger charge is -2.07. The van der Waals surface area contributed by atoms with Crippen LogP contribution < -0.4 is 4.74 Å². The van der Waals surface area contributed by atoms with Crippen LogP contribution in [0.4, 0.5) is 0 Å². The molecule has 3 rings (SSSR count). The highest BCUT2D eigenvalue weighted by Gasteiger charge is 2.06. The predicted octanol–water partition coefficient (Wildman–Crippen LogP) is 5.57. The molecule has 0 aliphatic carbocycles. The fraction of sp³-hybridized carbons (Fsp3) is 0.0500. The van der Waals surface area contributed by atoms with Crippen LogP contribution in [-0.2, 0) is 0 Å². The van der Waals surface area contributed by atoms with Gasteiger partial charge in [-0.3, -0.25) is 0 Å². The van der Waals surface area contributed by atoms with Crippen LogP contribution in [0.2, 0.25) is 5.02 Å². The first kappa shape index (κ1) is 15.1. The molecule has 112 valence electrons. The van der Waals surface area contributed by atoms with E-state index in [0.717, 1.165) is 21.9 Å².